The number of esters is 1. The molecule has 0 saturated carbocycles. The summed E-state index contributed by atoms with van der Waals surface area (Å²) in [7, 11) is 0. The molecule has 26 heavy (non-hydrogen) atoms. The van der Waals surface area contributed by atoms with E-state index in [2.05, 4.69) is 10.1 Å². The van der Waals surface area contributed by atoms with Crippen LogP contribution in [0.15, 0.2) is 53.3 Å². The number of hydrogen-bond acceptors (Lipinski definition) is 4. The van der Waals surface area contributed by atoms with Crippen molar-refractivity contribution in [3.05, 3.63) is 70.0 Å². The highest BCUT2D eigenvalue weighted by molar-refractivity contribution is 5.94. The molecule has 0 fully saturated rings. The molecule has 0 atom stereocenters. The fourth-order valence-corrected chi connectivity index (χ4v) is 2.94. The van der Waals surface area contributed by atoms with Crippen LogP contribution in [0, 0.1) is 6.92 Å². The first-order valence-corrected chi connectivity index (χ1v) is 8.37. The van der Waals surface area contributed by atoms with Crippen molar-refractivity contribution in [2.75, 3.05) is 6.61 Å². The number of benzene rings is 2. The molecule has 0 aliphatic carbocycles. The standard InChI is InChI=1S/C20H17N3O3/c1-3-26-20(25)14-8-9-17-16(10-14)21-19(24)18-11-15(22-23(17)18)13-6-4-12(2)5-7-13/h4-11H,3H2,1-2H3,(H,21,24). The molecular formula is C20H17N3O3. The van der Waals surface area contributed by atoms with Crippen LogP contribution in [0.5, 0.6) is 0 Å². The summed E-state index contributed by atoms with van der Waals surface area (Å²) in [5.74, 6) is -0.420. The molecule has 130 valence electrons. The zero-order valence-corrected chi connectivity index (χ0v) is 14.4. The van der Waals surface area contributed by atoms with Gasteiger partial charge in [-0.2, -0.15) is 5.10 Å². The molecular weight excluding hydrogens is 330 g/mol. The summed E-state index contributed by atoms with van der Waals surface area (Å²) >= 11 is 0. The van der Waals surface area contributed by atoms with Gasteiger partial charge in [0.1, 0.15) is 5.52 Å². The summed E-state index contributed by atoms with van der Waals surface area (Å²) in [6, 6.07) is 14.8. The second-order valence-electron chi connectivity index (χ2n) is 6.10. The lowest BCUT2D eigenvalue weighted by atomic mass is 10.1. The van der Waals surface area contributed by atoms with Gasteiger partial charge in [0.15, 0.2) is 0 Å². The lowest BCUT2D eigenvalue weighted by Crippen LogP contribution is -2.11. The van der Waals surface area contributed by atoms with Gasteiger partial charge in [0.25, 0.3) is 5.56 Å². The quantitative estimate of drug-likeness (QED) is 0.577. The number of nitrogens with zero attached hydrogens (tertiary/aromatic N) is 2. The van der Waals surface area contributed by atoms with Gasteiger partial charge in [0, 0.05) is 5.56 Å². The van der Waals surface area contributed by atoms with Gasteiger partial charge in [0.05, 0.1) is 28.9 Å². The molecule has 4 aromatic rings. The van der Waals surface area contributed by atoms with Crippen LogP contribution in [0.2, 0.25) is 0 Å². The van der Waals surface area contributed by atoms with Gasteiger partial charge < -0.3 is 9.72 Å². The van der Waals surface area contributed by atoms with Crippen molar-refractivity contribution in [3.63, 3.8) is 0 Å². The fraction of sp³-hybridized carbons (Fsp3) is 0.150. The Labute approximate surface area is 149 Å². The maximum atomic E-state index is 12.5. The molecule has 0 aliphatic rings. The lowest BCUT2D eigenvalue weighted by Gasteiger charge is -2.05. The van der Waals surface area contributed by atoms with Crippen LogP contribution in [0.1, 0.15) is 22.8 Å². The smallest absolute Gasteiger partial charge is 0.338 e. The summed E-state index contributed by atoms with van der Waals surface area (Å²) in [4.78, 5) is 27.2. The number of rotatable bonds is 3. The van der Waals surface area contributed by atoms with Crippen LogP contribution >= 0.6 is 0 Å². The van der Waals surface area contributed by atoms with Gasteiger partial charge >= 0.3 is 5.97 Å². The van der Waals surface area contributed by atoms with Crippen molar-refractivity contribution in [1.82, 2.24) is 14.6 Å². The number of nitrogens with one attached hydrogen (secondary N) is 1. The Morgan fingerprint density at radius 2 is 1.88 bits per heavy atom. The van der Waals surface area contributed by atoms with Crippen molar-refractivity contribution in [2.24, 2.45) is 0 Å². The monoisotopic (exact) mass is 347 g/mol. The highest BCUT2D eigenvalue weighted by Gasteiger charge is 2.13. The van der Waals surface area contributed by atoms with Crippen molar-refractivity contribution in [3.8, 4) is 11.3 Å². The first-order valence-electron chi connectivity index (χ1n) is 8.37. The summed E-state index contributed by atoms with van der Waals surface area (Å²) < 4.78 is 6.62. The van der Waals surface area contributed by atoms with E-state index in [1.807, 2.05) is 31.2 Å². The Morgan fingerprint density at radius 3 is 2.62 bits per heavy atom. The van der Waals surface area contributed by atoms with E-state index in [9.17, 15) is 9.59 Å². The summed E-state index contributed by atoms with van der Waals surface area (Å²) in [6.07, 6.45) is 0. The third kappa shape index (κ3) is 2.65. The number of H-pyrrole nitrogens is 1. The molecule has 6 nitrogen and oxygen atoms in total. The average Bonchev–Trinajstić information content (AvgIpc) is 3.08. The fourth-order valence-electron chi connectivity index (χ4n) is 2.94. The van der Waals surface area contributed by atoms with E-state index in [4.69, 9.17) is 4.74 Å². The second-order valence-corrected chi connectivity index (χ2v) is 6.10. The molecule has 6 heteroatoms. The largest absolute Gasteiger partial charge is 0.462 e. The number of carbonyl (C=O) groups is 1. The number of aromatic amines is 1. The average molecular weight is 347 g/mol. The molecule has 0 saturated heterocycles. The van der Waals surface area contributed by atoms with Crippen molar-refractivity contribution in [2.45, 2.75) is 13.8 Å². The van der Waals surface area contributed by atoms with Crippen molar-refractivity contribution >= 4 is 22.5 Å². The molecule has 0 aliphatic heterocycles. The topological polar surface area (TPSA) is 76.5 Å². The summed E-state index contributed by atoms with van der Waals surface area (Å²) in [6.45, 7) is 4.07. The predicted molar refractivity (Wildman–Crippen MR) is 99.4 cm³/mol. The molecule has 2 aromatic carbocycles. The van der Waals surface area contributed by atoms with Gasteiger partial charge in [-0.05, 0) is 38.1 Å². The molecule has 0 bridgehead atoms. The van der Waals surface area contributed by atoms with Gasteiger partial charge in [-0.1, -0.05) is 29.8 Å². The number of ether oxygens (including phenoxy) is 1. The van der Waals surface area contributed by atoms with Crippen molar-refractivity contribution < 1.29 is 9.53 Å². The lowest BCUT2D eigenvalue weighted by molar-refractivity contribution is 0.0526. The molecule has 0 amide bonds. The minimum atomic E-state index is -0.420. The molecule has 2 heterocycles. The van der Waals surface area contributed by atoms with Crippen LogP contribution < -0.4 is 5.56 Å². The first kappa shape index (κ1) is 16.1. The van der Waals surface area contributed by atoms with E-state index in [0.717, 1.165) is 16.8 Å². The third-order valence-corrected chi connectivity index (χ3v) is 4.27. The minimum absolute atomic E-state index is 0.260. The Kier molecular flexibility index (Phi) is 3.80. The number of aryl methyl sites for hydroxylation is 1. The minimum Gasteiger partial charge on any atom is -0.462 e. The van der Waals surface area contributed by atoms with E-state index in [-0.39, 0.29) is 5.56 Å². The Bertz CT molecular complexity index is 1190. The number of carbonyl (C=O) groups excluding carboxylic acids is 1. The number of fused-ring (bicyclic) bond motifs is 3. The molecule has 1 N–H and O–H groups in total. The van der Waals surface area contributed by atoms with Crippen LogP contribution in [0.25, 0.3) is 27.8 Å². The van der Waals surface area contributed by atoms with Crippen LogP contribution in [-0.2, 0) is 4.74 Å². The normalized spacial score (nSPS) is 11.2. The zero-order valence-electron chi connectivity index (χ0n) is 14.4. The van der Waals surface area contributed by atoms with Crippen molar-refractivity contribution in [1.29, 1.82) is 0 Å². The second kappa shape index (κ2) is 6.15. The van der Waals surface area contributed by atoms with Crippen LogP contribution in [0.3, 0.4) is 0 Å². The van der Waals surface area contributed by atoms with Gasteiger partial charge in [0.2, 0.25) is 0 Å². The molecule has 0 radical (unpaired) electrons. The van der Waals surface area contributed by atoms with E-state index in [1.54, 1.807) is 35.7 Å². The zero-order chi connectivity index (χ0) is 18.3. The van der Waals surface area contributed by atoms with Gasteiger partial charge in [-0.25, -0.2) is 9.31 Å². The molecule has 2 aromatic heterocycles. The summed E-state index contributed by atoms with van der Waals surface area (Å²) in [5, 5.41) is 4.59. The van der Waals surface area contributed by atoms with Crippen LogP contribution in [-0.4, -0.2) is 27.2 Å². The Morgan fingerprint density at radius 1 is 1.12 bits per heavy atom. The van der Waals surface area contributed by atoms with E-state index in [0.29, 0.717) is 28.7 Å². The molecule has 4 rings (SSSR count). The molecule has 0 spiro atoms. The van der Waals surface area contributed by atoms with Gasteiger partial charge in [-0.3, -0.25) is 4.79 Å². The van der Waals surface area contributed by atoms with Gasteiger partial charge in [-0.15, -0.1) is 0 Å². The Hall–Kier alpha value is -3.41. The molecule has 0 unspecified atom stereocenters. The maximum absolute atomic E-state index is 12.5. The van der Waals surface area contributed by atoms with Crippen LogP contribution in [0.4, 0.5) is 0 Å². The third-order valence-electron chi connectivity index (χ3n) is 4.27. The highest BCUT2D eigenvalue weighted by Crippen LogP contribution is 2.22. The SMILES string of the molecule is CCOC(=O)c1ccc2c(c1)[nH]c(=O)c1cc(-c3ccc(C)cc3)nn12. The number of hydrogen-bond donors (Lipinski definition) is 1. The highest BCUT2D eigenvalue weighted by atomic mass is 16.5. The van der Waals surface area contributed by atoms with E-state index < -0.39 is 5.97 Å². The Balaban J connectivity index is 1.90. The predicted octanol–water partition coefficient (Wildman–Crippen LogP) is 3.33. The first-order chi connectivity index (χ1) is 12.6. The maximum Gasteiger partial charge on any atom is 0.338 e. The number of aromatic nitrogens is 3. The van der Waals surface area contributed by atoms with E-state index >= 15 is 0 Å². The summed E-state index contributed by atoms with van der Waals surface area (Å²) in [5.41, 5.74) is 4.65. The van der Waals surface area contributed by atoms with E-state index in [1.165, 1.54) is 0 Å².